The summed E-state index contributed by atoms with van der Waals surface area (Å²) in [7, 11) is 0. The molecule has 0 aromatic heterocycles. The molecule has 1 aliphatic carbocycles. The highest BCUT2D eigenvalue weighted by molar-refractivity contribution is 6.31. The Kier molecular flexibility index (Phi) is 2.04. The molecule has 0 amide bonds. The van der Waals surface area contributed by atoms with Crippen LogP contribution < -0.4 is 10.5 Å². The number of rotatable bonds is 2. The third-order valence-corrected chi connectivity index (χ3v) is 2.16. The van der Waals surface area contributed by atoms with Gasteiger partial charge in [0.25, 0.3) is 0 Å². The third kappa shape index (κ3) is 1.86. The molecule has 0 radical (unpaired) electrons. The van der Waals surface area contributed by atoms with Gasteiger partial charge in [0.15, 0.2) is 0 Å². The summed E-state index contributed by atoms with van der Waals surface area (Å²) in [6, 6.07) is 2.60. The van der Waals surface area contributed by atoms with Crippen LogP contribution in [0, 0.1) is 5.82 Å². The van der Waals surface area contributed by atoms with Gasteiger partial charge in [-0.25, -0.2) is 4.39 Å². The maximum atomic E-state index is 12.8. The molecule has 0 spiro atoms. The molecule has 1 saturated carbocycles. The number of hydrogen-bond acceptors (Lipinski definition) is 2. The fraction of sp³-hybridized carbons (Fsp3) is 0.333. The highest BCUT2D eigenvalue weighted by atomic mass is 35.5. The van der Waals surface area contributed by atoms with Gasteiger partial charge in [-0.2, -0.15) is 0 Å². The van der Waals surface area contributed by atoms with E-state index in [2.05, 4.69) is 0 Å². The second-order valence-electron chi connectivity index (χ2n) is 3.12. The fourth-order valence-corrected chi connectivity index (χ4v) is 1.17. The van der Waals surface area contributed by atoms with Crippen LogP contribution >= 0.6 is 11.6 Å². The van der Waals surface area contributed by atoms with Crippen LogP contribution in [0.5, 0.6) is 5.75 Å². The summed E-state index contributed by atoms with van der Waals surface area (Å²) >= 11 is 5.58. The molecule has 1 aromatic carbocycles. The molecule has 0 saturated heterocycles. The molecule has 2 rings (SSSR count). The summed E-state index contributed by atoms with van der Waals surface area (Å²) in [5.41, 5.74) is 5.84. The lowest BCUT2D eigenvalue weighted by molar-refractivity contribution is 0.304. The molecule has 4 heteroatoms. The maximum absolute atomic E-state index is 12.8. The van der Waals surface area contributed by atoms with Crippen molar-refractivity contribution in [2.24, 2.45) is 0 Å². The Balaban J connectivity index is 2.27. The normalized spacial score (nSPS) is 15.8. The molecule has 0 heterocycles. The van der Waals surface area contributed by atoms with Gasteiger partial charge in [0.1, 0.15) is 11.6 Å². The fourth-order valence-electron chi connectivity index (χ4n) is 1.01. The Morgan fingerprint density at radius 1 is 1.46 bits per heavy atom. The zero-order valence-electron chi connectivity index (χ0n) is 6.89. The Morgan fingerprint density at radius 2 is 2.15 bits per heavy atom. The van der Waals surface area contributed by atoms with Crippen molar-refractivity contribution in [3.63, 3.8) is 0 Å². The van der Waals surface area contributed by atoms with Crippen LogP contribution in [0.1, 0.15) is 12.8 Å². The smallest absolute Gasteiger partial charge is 0.144 e. The lowest BCUT2D eigenvalue weighted by atomic mass is 10.3. The predicted octanol–water partition coefficient (Wildman–Crippen LogP) is 2.60. The Bertz CT molecular complexity index is 339. The molecule has 0 atom stereocenters. The van der Waals surface area contributed by atoms with E-state index in [-0.39, 0.29) is 11.1 Å². The van der Waals surface area contributed by atoms with Gasteiger partial charge in [-0.1, -0.05) is 11.6 Å². The standard InChI is InChI=1S/C9H9ClFNO/c10-6-3-9(13-5-1-2-5)8(12)4-7(6)11/h3-5H,1-2,12H2. The Morgan fingerprint density at radius 3 is 2.77 bits per heavy atom. The molecular formula is C9H9ClFNO. The number of nitrogen functional groups attached to an aromatic ring is 1. The number of halogens is 2. The van der Waals surface area contributed by atoms with Crippen molar-refractivity contribution in [2.75, 3.05) is 5.73 Å². The van der Waals surface area contributed by atoms with Crippen LogP contribution in [0.25, 0.3) is 0 Å². The van der Waals surface area contributed by atoms with E-state index in [4.69, 9.17) is 22.1 Å². The van der Waals surface area contributed by atoms with Crippen LogP contribution in [-0.2, 0) is 0 Å². The summed E-state index contributed by atoms with van der Waals surface area (Å²) in [6.07, 6.45) is 2.31. The molecule has 0 unspecified atom stereocenters. The number of hydrogen-bond donors (Lipinski definition) is 1. The van der Waals surface area contributed by atoms with Crippen molar-refractivity contribution in [3.05, 3.63) is 23.0 Å². The quantitative estimate of drug-likeness (QED) is 0.747. The largest absolute Gasteiger partial charge is 0.488 e. The summed E-state index contributed by atoms with van der Waals surface area (Å²) in [5, 5.41) is 0.0462. The first-order chi connectivity index (χ1) is 6.16. The highest BCUT2D eigenvalue weighted by Gasteiger charge is 2.24. The van der Waals surface area contributed by atoms with E-state index >= 15 is 0 Å². The lowest BCUT2D eigenvalue weighted by Crippen LogP contribution is -2.00. The van der Waals surface area contributed by atoms with Gasteiger partial charge in [-0.15, -0.1) is 0 Å². The molecule has 0 bridgehead atoms. The molecule has 1 fully saturated rings. The van der Waals surface area contributed by atoms with Crippen molar-refractivity contribution >= 4 is 17.3 Å². The minimum absolute atomic E-state index is 0.0462. The minimum Gasteiger partial charge on any atom is -0.488 e. The first-order valence-electron chi connectivity index (χ1n) is 4.08. The summed E-state index contributed by atoms with van der Waals surface area (Å²) in [6.45, 7) is 0. The average Bonchev–Trinajstić information content (AvgIpc) is 2.84. The molecule has 13 heavy (non-hydrogen) atoms. The summed E-state index contributed by atoms with van der Waals surface area (Å²) in [5.74, 6) is -0.0313. The van der Waals surface area contributed by atoms with Crippen LogP contribution in [0.4, 0.5) is 10.1 Å². The number of ether oxygens (including phenoxy) is 1. The second kappa shape index (κ2) is 3.07. The van der Waals surface area contributed by atoms with Crippen LogP contribution in [-0.4, -0.2) is 6.10 Å². The number of nitrogens with two attached hydrogens (primary N) is 1. The highest BCUT2D eigenvalue weighted by Crippen LogP contribution is 2.33. The Hall–Kier alpha value is -0.960. The number of benzene rings is 1. The van der Waals surface area contributed by atoms with E-state index in [1.807, 2.05) is 0 Å². The van der Waals surface area contributed by atoms with Gasteiger partial charge >= 0.3 is 0 Å². The van der Waals surface area contributed by atoms with E-state index in [0.717, 1.165) is 12.8 Å². The van der Waals surface area contributed by atoms with E-state index in [9.17, 15) is 4.39 Å². The lowest BCUT2D eigenvalue weighted by Gasteiger charge is -2.08. The Labute approximate surface area is 80.4 Å². The second-order valence-corrected chi connectivity index (χ2v) is 3.53. The third-order valence-electron chi connectivity index (χ3n) is 1.87. The van der Waals surface area contributed by atoms with Gasteiger partial charge in [0, 0.05) is 12.1 Å². The molecular weight excluding hydrogens is 193 g/mol. The zero-order valence-corrected chi connectivity index (χ0v) is 7.64. The van der Waals surface area contributed by atoms with Crippen molar-refractivity contribution in [2.45, 2.75) is 18.9 Å². The van der Waals surface area contributed by atoms with Crippen molar-refractivity contribution in [1.29, 1.82) is 0 Å². The van der Waals surface area contributed by atoms with Gasteiger partial charge in [0.2, 0.25) is 0 Å². The van der Waals surface area contributed by atoms with Crippen molar-refractivity contribution < 1.29 is 9.13 Å². The zero-order chi connectivity index (χ0) is 9.42. The van der Waals surface area contributed by atoms with Crippen molar-refractivity contribution in [3.8, 4) is 5.75 Å². The predicted molar refractivity (Wildman–Crippen MR) is 49.5 cm³/mol. The molecule has 1 aliphatic rings. The molecule has 0 aliphatic heterocycles. The van der Waals surface area contributed by atoms with Crippen LogP contribution in [0.2, 0.25) is 5.02 Å². The van der Waals surface area contributed by atoms with E-state index in [1.165, 1.54) is 12.1 Å². The summed E-state index contributed by atoms with van der Waals surface area (Å²) in [4.78, 5) is 0. The topological polar surface area (TPSA) is 35.2 Å². The summed E-state index contributed by atoms with van der Waals surface area (Å²) < 4.78 is 18.3. The van der Waals surface area contributed by atoms with E-state index in [1.54, 1.807) is 0 Å². The van der Waals surface area contributed by atoms with E-state index < -0.39 is 5.82 Å². The van der Waals surface area contributed by atoms with Crippen molar-refractivity contribution in [1.82, 2.24) is 0 Å². The van der Waals surface area contributed by atoms with E-state index in [0.29, 0.717) is 11.4 Å². The molecule has 1 aromatic rings. The molecule has 2 N–H and O–H groups in total. The van der Waals surface area contributed by atoms with Gasteiger partial charge in [-0.3, -0.25) is 0 Å². The van der Waals surface area contributed by atoms with Crippen LogP contribution in [0.3, 0.4) is 0 Å². The van der Waals surface area contributed by atoms with Gasteiger partial charge in [-0.05, 0) is 12.8 Å². The van der Waals surface area contributed by atoms with Gasteiger partial charge < -0.3 is 10.5 Å². The van der Waals surface area contributed by atoms with Gasteiger partial charge in [0.05, 0.1) is 16.8 Å². The minimum atomic E-state index is -0.512. The molecule has 2 nitrogen and oxygen atoms in total. The first kappa shape index (κ1) is 8.63. The first-order valence-corrected chi connectivity index (χ1v) is 4.46. The SMILES string of the molecule is Nc1cc(F)c(Cl)cc1OC1CC1. The average molecular weight is 202 g/mol. The van der Waals surface area contributed by atoms with Crippen LogP contribution in [0.15, 0.2) is 12.1 Å². The molecule has 70 valence electrons. The number of anilines is 1. The monoisotopic (exact) mass is 201 g/mol. The maximum Gasteiger partial charge on any atom is 0.144 e.